The SMILES string of the molecule is CCCCCCCCCCCCCCOC(COCCOCCOCCOCCOC)COCCOCCOCCOCCOC. The summed E-state index contributed by atoms with van der Waals surface area (Å²) >= 11 is 0. The zero-order valence-electron chi connectivity index (χ0n) is 30.0. The van der Waals surface area contributed by atoms with Crippen LogP contribution in [-0.4, -0.2) is 146 Å². The van der Waals surface area contributed by atoms with Crippen LogP contribution in [0.25, 0.3) is 0 Å². The number of unbranched alkanes of at least 4 members (excludes halogenated alkanes) is 11. The summed E-state index contributed by atoms with van der Waals surface area (Å²) in [7, 11) is 3.31. The van der Waals surface area contributed by atoms with E-state index in [0.717, 1.165) is 13.0 Å². The van der Waals surface area contributed by atoms with Crippen molar-refractivity contribution in [2.24, 2.45) is 0 Å². The first-order chi connectivity index (χ1) is 22.8. The minimum absolute atomic E-state index is 0.115. The Hall–Kier alpha value is -0.440. The first-order valence-corrected chi connectivity index (χ1v) is 18.1. The molecule has 0 aromatic heterocycles. The van der Waals surface area contributed by atoms with Gasteiger partial charge < -0.3 is 52.1 Å². The van der Waals surface area contributed by atoms with E-state index in [1.165, 1.54) is 70.6 Å². The van der Waals surface area contributed by atoms with Crippen LogP contribution in [0.4, 0.5) is 0 Å². The molecule has 0 fully saturated rings. The molecule has 0 unspecified atom stereocenters. The number of ether oxygens (including phenoxy) is 11. The highest BCUT2D eigenvalue weighted by Crippen LogP contribution is 2.12. The molecule has 0 aromatic rings. The Balaban J connectivity index is 3.91. The van der Waals surface area contributed by atoms with Crippen molar-refractivity contribution >= 4 is 0 Å². The molecule has 0 aliphatic rings. The van der Waals surface area contributed by atoms with Crippen molar-refractivity contribution in [3.05, 3.63) is 0 Å². The van der Waals surface area contributed by atoms with Gasteiger partial charge in [0, 0.05) is 20.8 Å². The molecule has 0 aliphatic carbocycles. The normalized spacial score (nSPS) is 11.7. The van der Waals surface area contributed by atoms with Gasteiger partial charge in [0.1, 0.15) is 6.10 Å². The van der Waals surface area contributed by atoms with Crippen LogP contribution >= 0.6 is 0 Å². The number of hydrogen-bond acceptors (Lipinski definition) is 11. The molecule has 0 aromatic carbocycles. The summed E-state index contributed by atoms with van der Waals surface area (Å²) < 4.78 is 60.6. The molecule has 0 aliphatic heterocycles. The Morgan fingerprint density at radius 2 is 0.587 bits per heavy atom. The maximum atomic E-state index is 6.14. The summed E-state index contributed by atoms with van der Waals surface area (Å²) in [5.41, 5.74) is 0. The minimum atomic E-state index is -0.115. The minimum Gasteiger partial charge on any atom is -0.382 e. The molecule has 278 valence electrons. The lowest BCUT2D eigenvalue weighted by Crippen LogP contribution is -2.28. The zero-order valence-corrected chi connectivity index (χ0v) is 30.0. The van der Waals surface area contributed by atoms with Crippen LogP contribution in [0.1, 0.15) is 84.0 Å². The van der Waals surface area contributed by atoms with Crippen LogP contribution in [0.2, 0.25) is 0 Å². The summed E-state index contributed by atoms with van der Waals surface area (Å²) in [4.78, 5) is 0. The highest BCUT2D eigenvalue weighted by Gasteiger charge is 2.10. The summed E-state index contributed by atoms with van der Waals surface area (Å²) in [6.07, 6.45) is 15.8. The zero-order chi connectivity index (χ0) is 33.3. The Morgan fingerprint density at radius 1 is 0.304 bits per heavy atom. The van der Waals surface area contributed by atoms with Crippen LogP contribution < -0.4 is 0 Å². The van der Waals surface area contributed by atoms with E-state index >= 15 is 0 Å². The molecule has 11 heteroatoms. The van der Waals surface area contributed by atoms with E-state index in [1.807, 2.05) is 0 Å². The number of methoxy groups -OCH3 is 2. The molecule has 0 heterocycles. The first kappa shape index (κ1) is 45.6. The largest absolute Gasteiger partial charge is 0.382 e. The van der Waals surface area contributed by atoms with Gasteiger partial charge in [-0.3, -0.25) is 0 Å². The van der Waals surface area contributed by atoms with Gasteiger partial charge in [0.2, 0.25) is 0 Å². The molecule has 0 rings (SSSR count). The monoisotopic (exact) mass is 669 g/mol. The van der Waals surface area contributed by atoms with Gasteiger partial charge in [-0.05, 0) is 6.42 Å². The lowest BCUT2D eigenvalue weighted by atomic mass is 10.1. The van der Waals surface area contributed by atoms with Crippen molar-refractivity contribution in [1.29, 1.82) is 0 Å². The third kappa shape index (κ3) is 39.7. The van der Waals surface area contributed by atoms with E-state index in [-0.39, 0.29) is 6.10 Å². The predicted molar refractivity (Wildman–Crippen MR) is 181 cm³/mol. The van der Waals surface area contributed by atoms with E-state index < -0.39 is 0 Å². The summed E-state index contributed by atoms with van der Waals surface area (Å²) in [6, 6.07) is 0. The van der Waals surface area contributed by atoms with Crippen molar-refractivity contribution in [3.8, 4) is 0 Å². The fourth-order valence-electron chi connectivity index (χ4n) is 4.37. The Bertz CT molecular complexity index is 459. The van der Waals surface area contributed by atoms with Gasteiger partial charge in [-0.2, -0.15) is 0 Å². The fourth-order valence-corrected chi connectivity index (χ4v) is 4.37. The first-order valence-electron chi connectivity index (χ1n) is 18.1. The second kappa shape index (κ2) is 42.6. The molecule has 0 bridgehead atoms. The van der Waals surface area contributed by atoms with Crippen LogP contribution in [0.15, 0.2) is 0 Å². The van der Waals surface area contributed by atoms with Gasteiger partial charge in [-0.25, -0.2) is 0 Å². The standard InChI is InChI=1S/C35H72O11/c1-4-5-6-7-8-9-10-11-12-13-14-15-16-46-35(33-44-31-29-42-27-25-40-23-21-38-19-17-36-2)34-45-32-30-43-28-26-41-24-22-39-20-18-37-3/h35H,4-34H2,1-3H3. The molecular formula is C35H72O11. The second-order valence-corrected chi connectivity index (χ2v) is 11.2. The van der Waals surface area contributed by atoms with Crippen molar-refractivity contribution in [2.75, 3.05) is 140 Å². The maximum absolute atomic E-state index is 6.14. The average Bonchev–Trinajstić information content (AvgIpc) is 3.07. The molecule has 11 nitrogen and oxygen atoms in total. The Labute approximate surface area is 281 Å². The van der Waals surface area contributed by atoms with Crippen LogP contribution in [0.5, 0.6) is 0 Å². The highest BCUT2D eigenvalue weighted by atomic mass is 16.6. The van der Waals surface area contributed by atoms with Gasteiger partial charge in [0.15, 0.2) is 0 Å². The molecule has 0 amide bonds. The lowest BCUT2D eigenvalue weighted by molar-refractivity contribution is -0.0767. The average molecular weight is 669 g/mol. The third-order valence-electron chi connectivity index (χ3n) is 7.05. The van der Waals surface area contributed by atoms with Gasteiger partial charge in [-0.1, -0.05) is 77.6 Å². The lowest BCUT2D eigenvalue weighted by Gasteiger charge is -2.18. The quantitative estimate of drug-likeness (QED) is 0.0771. The Morgan fingerprint density at radius 3 is 0.913 bits per heavy atom. The molecule has 0 radical (unpaired) electrons. The van der Waals surface area contributed by atoms with Crippen molar-refractivity contribution < 1.29 is 52.1 Å². The van der Waals surface area contributed by atoms with Crippen LogP contribution in [0, 0.1) is 0 Å². The highest BCUT2D eigenvalue weighted by molar-refractivity contribution is 4.57. The van der Waals surface area contributed by atoms with Gasteiger partial charge in [0.25, 0.3) is 0 Å². The Kier molecular flexibility index (Phi) is 42.2. The van der Waals surface area contributed by atoms with Gasteiger partial charge >= 0.3 is 0 Å². The van der Waals surface area contributed by atoms with E-state index in [0.29, 0.717) is 119 Å². The van der Waals surface area contributed by atoms with E-state index in [2.05, 4.69) is 6.92 Å². The topological polar surface area (TPSA) is 102 Å². The molecule has 46 heavy (non-hydrogen) atoms. The molecule has 0 saturated carbocycles. The molecule has 0 N–H and O–H groups in total. The van der Waals surface area contributed by atoms with Gasteiger partial charge in [0.05, 0.1) is 119 Å². The van der Waals surface area contributed by atoms with E-state index in [9.17, 15) is 0 Å². The van der Waals surface area contributed by atoms with E-state index in [1.54, 1.807) is 14.2 Å². The smallest absolute Gasteiger partial charge is 0.104 e. The molecule has 0 saturated heterocycles. The second-order valence-electron chi connectivity index (χ2n) is 11.2. The third-order valence-corrected chi connectivity index (χ3v) is 7.05. The van der Waals surface area contributed by atoms with Crippen LogP contribution in [0.3, 0.4) is 0 Å². The molecular weight excluding hydrogens is 596 g/mol. The molecule has 0 atom stereocenters. The number of hydrogen-bond donors (Lipinski definition) is 0. The van der Waals surface area contributed by atoms with Crippen molar-refractivity contribution in [3.63, 3.8) is 0 Å². The fraction of sp³-hybridized carbons (Fsp3) is 1.00. The van der Waals surface area contributed by atoms with E-state index in [4.69, 9.17) is 52.1 Å². The summed E-state index contributed by atoms with van der Waals surface area (Å²) in [5, 5.41) is 0. The van der Waals surface area contributed by atoms with Crippen molar-refractivity contribution in [2.45, 2.75) is 90.1 Å². The van der Waals surface area contributed by atoms with Crippen LogP contribution in [-0.2, 0) is 52.1 Å². The molecule has 0 spiro atoms. The van der Waals surface area contributed by atoms with Crippen molar-refractivity contribution in [1.82, 2.24) is 0 Å². The predicted octanol–water partition coefficient (Wildman–Crippen LogP) is 5.50. The number of rotatable bonds is 42. The summed E-state index contributed by atoms with van der Waals surface area (Å²) in [6.45, 7) is 12.6. The van der Waals surface area contributed by atoms with Gasteiger partial charge in [-0.15, -0.1) is 0 Å². The summed E-state index contributed by atoms with van der Waals surface area (Å²) in [5.74, 6) is 0. The maximum Gasteiger partial charge on any atom is 0.104 e.